The maximum absolute atomic E-state index is 5.83. The van der Waals surface area contributed by atoms with E-state index in [1.165, 1.54) is 5.56 Å². The van der Waals surface area contributed by atoms with Crippen molar-refractivity contribution in [3.05, 3.63) is 29.8 Å². The third-order valence-corrected chi connectivity index (χ3v) is 3.28. The van der Waals surface area contributed by atoms with Gasteiger partial charge < -0.3 is 15.2 Å². The average molecular weight is 219 g/mol. The van der Waals surface area contributed by atoms with Crippen molar-refractivity contribution < 1.29 is 9.47 Å². The molecule has 2 saturated heterocycles. The summed E-state index contributed by atoms with van der Waals surface area (Å²) in [6, 6.07) is 8.20. The monoisotopic (exact) mass is 219 g/mol. The number of benzene rings is 1. The lowest BCUT2D eigenvalue weighted by Gasteiger charge is -2.15. The van der Waals surface area contributed by atoms with E-state index in [2.05, 4.69) is 12.1 Å². The van der Waals surface area contributed by atoms with E-state index in [1.807, 2.05) is 12.1 Å². The molecule has 2 N–H and O–H groups in total. The van der Waals surface area contributed by atoms with E-state index < -0.39 is 0 Å². The zero-order valence-corrected chi connectivity index (χ0v) is 9.26. The fraction of sp³-hybridized carbons (Fsp3) is 0.538. The summed E-state index contributed by atoms with van der Waals surface area (Å²) in [5.41, 5.74) is 8.00. The minimum Gasteiger partial charge on any atom is -0.399 e. The number of nitrogen functional groups attached to an aromatic ring is 1. The Morgan fingerprint density at radius 3 is 2.31 bits per heavy atom. The van der Waals surface area contributed by atoms with Crippen molar-refractivity contribution in [1.82, 2.24) is 0 Å². The van der Waals surface area contributed by atoms with Crippen LogP contribution in [-0.2, 0) is 9.47 Å². The summed E-state index contributed by atoms with van der Waals surface area (Å²) in [7, 11) is 0. The number of ether oxygens (including phenoxy) is 2. The van der Waals surface area contributed by atoms with Crippen molar-refractivity contribution in [1.29, 1.82) is 0 Å². The molecule has 2 aliphatic rings. The van der Waals surface area contributed by atoms with Crippen LogP contribution in [0.1, 0.15) is 24.3 Å². The Hall–Kier alpha value is -1.06. The highest BCUT2D eigenvalue weighted by atomic mass is 16.6. The highest BCUT2D eigenvalue weighted by molar-refractivity contribution is 5.42. The summed E-state index contributed by atoms with van der Waals surface area (Å²) < 4.78 is 10.6. The lowest BCUT2D eigenvalue weighted by Crippen LogP contribution is -2.06. The van der Waals surface area contributed by atoms with E-state index in [0.717, 1.165) is 31.7 Å². The van der Waals surface area contributed by atoms with Gasteiger partial charge in [-0.3, -0.25) is 0 Å². The Labute approximate surface area is 95.5 Å². The normalized spacial score (nSPS) is 28.8. The van der Waals surface area contributed by atoms with E-state index in [1.54, 1.807) is 0 Å². The topological polar surface area (TPSA) is 51.1 Å². The molecule has 86 valence electrons. The van der Waals surface area contributed by atoms with Gasteiger partial charge in [-0.2, -0.15) is 0 Å². The van der Waals surface area contributed by atoms with Crippen molar-refractivity contribution in [2.75, 3.05) is 18.9 Å². The van der Waals surface area contributed by atoms with E-state index in [9.17, 15) is 0 Å². The minimum atomic E-state index is 0.463. The van der Waals surface area contributed by atoms with Crippen molar-refractivity contribution in [2.24, 2.45) is 0 Å². The Bertz CT molecular complexity index is 358. The molecule has 2 atom stereocenters. The fourth-order valence-electron chi connectivity index (χ4n) is 2.22. The lowest BCUT2D eigenvalue weighted by atomic mass is 9.90. The van der Waals surface area contributed by atoms with Gasteiger partial charge in [-0.15, -0.1) is 0 Å². The van der Waals surface area contributed by atoms with Gasteiger partial charge in [-0.05, 0) is 36.5 Å². The van der Waals surface area contributed by atoms with Crippen LogP contribution in [0.2, 0.25) is 0 Å². The van der Waals surface area contributed by atoms with Crippen LogP contribution in [0.25, 0.3) is 0 Å². The second-order valence-electron chi connectivity index (χ2n) is 4.75. The highest BCUT2D eigenvalue weighted by Gasteiger charge is 2.32. The molecule has 3 nitrogen and oxygen atoms in total. The lowest BCUT2D eigenvalue weighted by molar-refractivity contribution is 0.345. The number of epoxide rings is 2. The van der Waals surface area contributed by atoms with Crippen molar-refractivity contribution >= 4 is 5.69 Å². The molecule has 1 aromatic rings. The number of hydrogen-bond donors (Lipinski definition) is 1. The molecular formula is C13H17NO2. The van der Waals surface area contributed by atoms with Gasteiger partial charge in [0.15, 0.2) is 0 Å². The molecule has 1 aromatic carbocycles. The van der Waals surface area contributed by atoms with Crippen LogP contribution in [0.3, 0.4) is 0 Å². The van der Waals surface area contributed by atoms with E-state index in [0.29, 0.717) is 18.1 Å². The number of nitrogens with two attached hydrogens (primary N) is 1. The second-order valence-corrected chi connectivity index (χ2v) is 4.75. The first-order valence-electron chi connectivity index (χ1n) is 5.90. The van der Waals surface area contributed by atoms with Gasteiger partial charge in [-0.1, -0.05) is 12.1 Å². The van der Waals surface area contributed by atoms with Crippen LogP contribution in [0.4, 0.5) is 5.69 Å². The molecule has 16 heavy (non-hydrogen) atoms. The fourth-order valence-corrected chi connectivity index (χ4v) is 2.22. The Kier molecular flexibility index (Phi) is 2.58. The summed E-state index contributed by atoms with van der Waals surface area (Å²) in [6.07, 6.45) is 3.13. The smallest absolute Gasteiger partial charge is 0.0815 e. The molecule has 2 unspecified atom stereocenters. The zero-order valence-electron chi connectivity index (χ0n) is 9.26. The quantitative estimate of drug-likeness (QED) is 0.608. The van der Waals surface area contributed by atoms with E-state index in [-0.39, 0.29) is 0 Å². The summed E-state index contributed by atoms with van der Waals surface area (Å²) in [5.74, 6) is 0.531. The van der Waals surface area contributed by atoms with Crippen molar-refractivity contribution in [2.45, 2.75) is 31.0 Å². The van der Waals surface area contributed by atoms with Crippen LogP contribution in [0.5, 0.6) is 0 Å². The van der Waals surface area contributed by atoms with Crippen LogP contribution < -0.4 is 5.73 Å². The third kappa shape index (κ3) is 2.54. The van der Waals surface area contributed by atoms with Crippen LogP contribution in [0, 0.1) is 0 Å². The maximum atomic E-state index is 5.83. The summed E-state index contributed by atoms with van der Waals surface area (Å²) in [6.45, 7) is 1.84. The molecule has 2 heterocycles. The molecular weight excluding hydrogens is 202 g/mol. The average Bonchev–Trinajstić information content (AvgIpc) is 3.11. The molecule has 2 fully saturated rings. The molecule has 0 amide bonds. The highest BCUT2D eigenvalue weighted by Crippen LogP contribution is 2.34. The first-order chi connectivity index (χ1) is 7.81. The van der Waals surface area contributed by atoms with Crippen LogP contribution in [-0.4, -0.2) is 25.4 Å². The van der Waals surface area contributed by atoms with Gasteiger partial charge in [0.05, 0.1) is 25.4 Å². The molecule has 2 aliphatic heterocycles. The molecule has 3 rings (SSSR count). The van der Waals surface area contributed by atoms with Crippen molar-refractivity contribution in [3.8, 4) is 0 Å². The first kappa shape index (κ1) is 10.1. The summed E-state index contributed by atoms with van der Waals surface area (Å²) >= 11 is 0. The minimum absolute atomic E-state index is 0.463. The zero-order chi connectivity index (χ0) is 11.0. The van der Waals surface area contributed by atoms with Crippen LogP contribution in [0.15, 0.2) is 24.3 Å². The second kappa shape index (κ2) is 4.07. The molecule has 0 radical (unpaired) electrons. The molecule has 0 aromatic heterocycles. The maximum Gasteiger partial charge on any atom is 0.0815 e. The van der Waals surface area contributed by atoms with Gasteiger partial charge in [0.2, 0.25) is 0 Å². The first-order valence-corrected chi connectivity index (χ1v) is 5.90. The predicted octanol–water partition coefficient (Wildman–Crippen LogP) is 1.93. The predicted molar refractivity (Wildman–Crippen MR) is 62.3 cm³/mol. The number of rotatable bonds is 5. The Morgan fingerprint density at radius 2 is 1.81 bits per heavy atom. The van der Waals surface area contributed by atoms with Gasteiger partial charge in [0.25, 0.3) is 0 Å². The summed E-state index contributed by atoms with van der Waals surface area (Å²) in [4.78, 5) is 0. The third-order valence-electron chi connectivity index (χ3n) is 3.28. The van der Waals surface area contributed by atoms with Crippen LogP contribution >= 0.6 is 0 Å². The summed E-state index contributed by atoms with van der Waals surface area (Å²) in [5, 5.41) is 0. The van der Waals surface area contributed by atoms with Gasteiger partial charge in [-0.25, -0.2) is 0 Å². The van der Waals surface area contributed by atoms with E-state index >= 15 is 0 Å². The van der Waals surface area contributed by atoms with Gasteiger partial charge >= 0.3 is 0 Å². The Morgan fingerprint density at radius 1 is 1.19 bits per heavy atom. The molecule has 0 spiro atoms. The van der Waals surface area contributed by atoms with Gasteiger partial charge in [0, 0.05) is 5.69 Å². The van der Waals surface area contributed by atoms with Gasteiger partial charge in [0.1, 0.15) is 0 Å². The Balaban J connectivity index is 1.73. The molecule has 3 heteroatoms. The number of anilines is 1. The molecule has 0 bridgehead atoms. The molecule has 0 saturated carbocycles. The standard InChI is InChI=1S/C13H17NO2/c14-11-3-1-2-9(4-11)10(5-12-7-15-12)6-13-8-16-13/h1-4,10,12-13H,5-8,14H2. The molecule has 0 aliphatic carbocycles. The SMILES string of the molecule is Nc1cccc(C(CC2CO2)CC2CO2)c1. The van der Waals surface area contributed by atoms with Crippen molar-refractivity contribution in [3.63, 3.8) is 0 Å². The van der Waals surface area contributed by atoms with E-state index in [4.69, 9.17) is 15.2 Å². The number of hydrogen-bond acceptors (Lipinski definition) is 3. The largest absolute Gasteiger partial charge is 0.399 e.